The van der Waals surface area contributed by atoms with E-state index in [9.17, 15) is 9.90 Å². The Hall–Kier alpha value is -4.03. The van der Waals surface area contributed by atoms with Crippen molar-refractivity contribution in [3.63, 3.8) is 0 Å². The van der Waals surface area contributed by atoms with Crippen molar-refractivity contribution in [1.29, 1.82) is 0 Å². The lowest BCUT2D eigenvalue weighted by Gasteiger charge is -2.23. The lowest BCUT2D eigenvalue weighted by Crippen LogP contribution is -2.20. The van der Waals surface area contributed by atoms with Gasteiger partial charge in [-0.2, -0.15) is 0 Å². The third-order valence-electron chi connectivity index (χ3n) is 6.54. The summed E-state index contributed by atoms with van der Waals surface area (Å²) in [5.41, 5.74) is 5.91. The lowest BCUT2D eigenvalue weighted by molar-refractivity contribution is -0.116. The monoisotopic (exact) mass is 479 g/mol. The maximum absolute atomic E-state index is 12.9. The summed E-state index contributed by atoms with van der Waals surface area (Å²) in [5, 5.41) is 14.2. The summed E-state index contributed by atoms with van der Waals surface area (Å²) in [6.45, 7) is 0. The minimum Gasteiger partial charge on any atom is -0.497 e. The summed E-state index contributed by atoms with van der Waals surface area (Å²) in [7, 11) is 1.65. The summed E-state index contributed by atoms with van der Waals surface area (Å²) >= 11 is 0. The molecule has 182 valence electrons. The van der Waals surface area contributed by atoms with Crippen LogP contribution in [0.4, 0.5) is 5.82 Å². The van der Waals surface area contributed by atoms with Gasteiger partial charge in [-0.05, 0) is 60.6 Å². The second kappa shape index (κ2) is 10.7. The van der Waals surface area contributed by atoms with Gasteiger partial charge in [0.2, 0.25) is 5.91 Å². The highest BCUT2D eigenvalue weighted by atomic mass is 16.5. The van der Waals surface area contributed by atoms with Gasteiger partial charge in [-0.15, -0.1) is 0 Å². The number of benzene rings is 3. The first-order valence-corrected chi connectivity index (χ1v) is 12.3. The van der Waals surface area contributed by atoms with Gasteiger partial charge in [0.1, 0.15) is 17.5 Å². The molecular weight excluding hydrogens is 450 g/mol. The molecule has 0 radical (unpaired) electrons. The van der Waals surface area contributed by atoms with E-state index < -0.39 is 6.10 Å². The number of carbonyl (C=O) groups is 1. The van der Waals surface area contributed by atoms with E-state index in [1.165, 1.54) is 5.56 Å². The first kappa shape index (κ1) is 23.7. The van der Waals surface area contributed by atoms with Crippen molar-refractivity contribution in [1.82, 2.24) is 9.97 Å². The van der Waals surface area contributed by atoms with Crippen LogP contribution >= 0.6 is 0 Å². The number of aliphatic hydroxyl groups excluding tert-OH is 1. The van der Waals surface area contributed by atoms with Gasteiger partial charge >= 0.3 is 0 Å². The molecule has 1 unspecified atom stereocenters. The molecule has 1 aromatic heterocycles. The Labute approximate surface area is 211 Å². The molecule has 5 rings (SSSR count). The van der Waals surface area contributed by atoms with Gasteiger partial charge in [-0.25, -0.2) is 9.97 Å². The number of nitrogens with one attached hydrogen (secondary N) is 1. The quantitative estimate of drug-likeness (QED) is 0.359. The topological polar surface area (TPSA) is 84.3 Å². The fourth-order valence-corrected chi connectivity index (χ4v) is 4.63. The number of aryl methyl sites for hydroxylation is 3. The zero-order valence-corrected chi connectivity index (χ0v) is 20.3. The fraction of sp³-hybridized carbons (Fsp3) is 0.233. The third-order valence-corrected chi connectivity index (χ3v) is 6.54. The number of amides is 1. The van der Waals surface area contributed by atoms with Crippen LogP contribution in [0.25, 0.3) is 11.3 Å². The van der Waals surface area contributed by atoms with Gasteiger partial charge in [-0.1, -0.05) is 60.7 Å². The van der Waals surface area contributed by atoms with E-state index in [-0.39, 0.29) is 5.91 Å². The van der Waals surface area contributed by atoms with E-state index in [1.54, 1.807) is 7.11 Å². The maximum atomic E-state index is 12.9. The Balaban J connectivity index is 1.44. The van der Waals surface area contributed by atoms with Crippen molar-refractivity contribution < 1.29 is 14.6 Å². The Kier molecular flexibility index (Phi) is 7.05. The number of hydrogen-bond donors (Lipinski definition) is 2. The molecule has 0 saturated heterocycles. The fourth-order valence-electron chi connectivity index (χ4n) is 4.63. The number of ether oxygens (including phenoxy) is 1. The van der Waals surface area contributed by atoms with Crippen molar-refractivity contribution in [2.24, 2.45) is 0 Å². The highest BCUT2D eigenvalue weighted by Crippen LogP contribution is 2.36. The molecule has 0 bridgehead atoms. The van der Waals surface area contributed by atoms with Gasteiger partial charge in [0.25, 0.3) is 0 Å². The van der Waals surface area contributed by atoms with Crippen LogP contribution in [0.3, 0.4) is 0 Å². The Bertz CT molecular complexity index is 1360. The number of fused-ring (bicyclic) bond motifs is 3. The number of aromatic nitrogens is 2. The van der Waals surface area contributed by atoms with Crippen molar-refractivity contribution >= 4 is 11.7 Å². The third kappa shape index (κ3) is 5.14. The predicted octanol–water partition coefficient (Wildman–Crippen LogP) is 5.29. The summed E-state index contributed by atoms with van der Waals surface area (Å²) < 4.78 is 5.39. The lowest BCUT2D eigenvalue weighted by atomic mass is 9.91. The first-order chi connectivity index (χ1) is 17.6. The van der Waals surface area contributed by atoms with Crippen molar-refractivity contribution in [3.05, 3.63) is 107 Å². The largest absolute Gasteiger partial charge is 0.497 e. The zero-order valence-electron chi connectivity index (χ0n) is 20.3. The molecule has 0 aliphatic heterocycles. The van der Waals surface area contributed by atoms with Gasteiger partial charge in [0, 0.05) is 12.0 Å². The minimum absolute atomic E-state index is 0.136. The Morgan fingerprint density at radius 3 is 2.50 bits per heavy atom. The van der Waals surface area contributed by atoms with Crippen LogP contribution in [0.1, 0.15) is 47.0 Å². The molecule has 6 nitrogen and oxygen atoms in total. The average Bonchev–Trinajstić information content (AvgIpc) is 2.93. The van der Waals surface area contributed by atoms with Crippen LogP contribution in [-0.4, -0.2) is 28.1 Å². The van der Waals surface area contributed by atoms with Crippen LogP contribution < -0.4 is 10.1 Å². The maximum Gasteiger partial charge on any atom is 0.225 e. The van der Waals surface area contributed by atoms with Gasteiger partial charge < -0.3 is 15.2 Å². The molecule has 3 aromatic carbocycles. The standard InChI is InChI=1S/C30H29N3O3/c1-36-23-16-17-24-22(19-23)15-18-25-27(24)33-28(29(35)21-12-6-3-7-13-21)30(31-25)32-26(34)14-8-11-20-9-4-2-5-10-20/h2-7,9-10,12-13,16-17,19,29,35H,8,11,14-15,18H2,1H3,(H,31,32,34). The smallest absolute Gasteiger partial charge is 0.225 e. The molecule has 0 fully saturated rings. The molecule has 2 N–H and O–H groups in total. The molecular formula is C30H29N3O3. The highest BCUT2D eigenvalue weighted by Gasteiger charge is 2.26. The number of hydrogen-bond acceptors (Lipinski definition) is 5. The molecule has 1 aliphatic rings. The summed E-state index contributed by atoms with van der Waals surface area (Å²) in [6, 6.07) is 25.4. The van der Waals surface area contributed by atoms with Crippen molar-refractivity contribution in [3.8, 4) is 17.0 Å². The van der Waals surface area contributed by atoms with Crippen LogP contribution in [0, 0.1) is 0 Å². The molecule has 1 aliphatic carbocycles. The molecule has 6 heteroatoms. The number of nitrogens with zero attached hydrogens (tertiary/aromatic N) is 2. The van der Waals surface area contributed by atoms with Crippen LogP contribution in [-0.2, 0) is 24.1 Å². The zero-order chi connectivity index (χ0) is 24.9. The second-order valence-electron chi connectivity index (χ2n) is 8.98. The van der Waals surface area contributed by atoms with Crippen molar-refractivity contribution in [2.75, 3.05) is 12.4 Å². The van der Waals surface area contributed by atoms with E-state index in [0.717, 1.165) is 47.5 Å². The normalized spacial score (nSPS) is 12.8. The number of anilines is 1. The van der Waals surface area contributed by atoms with Crippen LogP contribution in [0.5, 0.6) is 5.75 Å². The molecule has 1 atom stereocenters. The van der Waals surface area contributed by atoms with Crippen molar-refractivity contribution in [2.45, 2.75) is 38.2 Å². The second-order valence-corrected chi connectivity index (χ2v) is 8.98. The van der Waals surface area contributed by atoms with Crippen LogP contribution in [0.2, 0.25) is 0 Å². The van der Waals surface area contributed by atoms with E-state index in [1.807, 2.05) is 66.7 Å². The average molecular weight is 480 g/mol. The van der Waals surface area contributed by atoms with Gasteiger partial charge in [-0.3, -0.25) is 4.79 Å². The van der Waals surface area contributed by atoms with E-state index in [0.29, 0.717) is 29.9 Å². The number of carbonyl (C=O) groups excluding carboxylic acids is 1. The summed E-state index contributed by atoms with van der Waals surface area (Å²) in [6.07, 6.45) is 2.38. The molecule has 0 spiro atoms. The molecule has 1 amide bonds. The van der Waals surface area contributed by atoms with Gasteiger partial charge in [0.15, 0.2) is 5.82 Å². The predicted molar refractivity (Wildman–Crippen MR) is 140 cm³/mol. The minimum atomic E-state index is -1.02. The first-order valence-electron chi connectivity index (χ1n) is 12.3. The Morgan fingerprint density at radius 2 is 1.75 bits per heavy atom. The summed E-state index contributed by atoms with van der Waals surface area (Å²) in [5.74, 6) is 0.989. The molecule has 0 saturated carbocycles. The van der Waals surface area contributed by atoms with E-state index in [4.69, 9.17) is 14.7 Å². The Morgan fingerprint density at radius 1 is 1.00 bits per heavy atom. The number of rotatable bonds is 8. The van der Waals surface area contributed by atoms with E-state index >= 15 is 0 Å². The number of aliphatic hydroxyl groups is 1. The van der Waals surface area contributed by atoms with E-state index in [2.05, 4.69) is 17.4 Å². The molecule has 36 heavy (non-hydrogen) atoms. The molecule has 1 heterocycles. The summed E-state index contributed by atoms with van der Waals surface area (Å²) in [4.78, 5) is 22.6. The van der Waals surface area contributed by atoms with Crippen LogP contribution in [0.15, 0.2) is 78.9 Å². The van der Waals surface area contributed by atoms with Gasteiger partial charge in [0.05, 0.1) is 18.5 Å². The molecule has 4 aromatic rings. The number of methoxy groups -OCH3 is 1. The SMILES string of the molecule is COc1ccc2c(c1)CCc1nc(NC(=O)CCCc3ccccc3)c(C(O)c3ccccc3)nc1-2. The highest BCUT2D eigenvalue weighted by molar-refractivity contribution is 5.90.